The zero-order valence-corrected chi connectivity index (χ0v) is 9.13. The van der Waals surface area contributed by atoms with Gasteiger partial charge in [0, 0.05) is 6.61 Å². The van der Waals surface area contributed by atoms with Gasteiger partial charge in [0.05, 0.1) is 6.10 Å². The monoisotopic (exact) mass is 197 g/mol. The van der Waals surface area contributed by atoms with Crippen LogP contribution in [0, 0.1) is 5.92 Å². The van der Waals surface area contributed by atoms with Gasteiger partial charge in [0.1, 0.15) is 0 Å². The molecule has 0 spiro atoms. The van der Waals surface area contributed by atoms with E-state index in [1.807, 2.05) is 0 Å². The van der Waals surface area contributed by atoms with Crippen LogP contribution in [0.2, 0.25) is 0 Å². The molecule has 1 atom stereocenters. The van der Waals surface area contributed by atoms with Gasteiger partial charge in [-0.05, 0) is 51.1 Å². The van der Waals surface area contributed by atoms with Crippen LogP contribution in [0.1, 0.15) is 44.9 Å². The van der Waals surface area contributed by atoms with E-state index in [4.69, 9.17) is 4.74 Å². The number of hydrogen-bond donors (Lipinski definition) is 1. The maximum absolute atomic E-state index is 5.97. The van der Waals surface area contributed by atoms with Gasteiger partial charge < -0.3 is 10.1 Å². The molecule has 2 nitrogen and oxygen atoms in total. The molecular weight excluding hydrogens is 174 g/mol. The van der Waals surface area contributed by atoms with Gasteiger partial charge in [0.25, 0.3) is 0 Å². The fourth-order valence-electron chi connectivity index (χ4n) is 2.59. The van der Waals surface area contributed by atoms with E-state index in [2.05, 4.69) is 5.32 Å². The third-order valence-corrected chi connectivity index (χ3v) is 3.57. The average molecular weight is 197 g/mol. The van der Waals surface area contributed by atoms with Gasteiger partial charge >= 0.3 is 0 Å². The molecule has 0 radical (unpaired) electrons. The zero-order valence-electron chi connectivity index (χ0n) is 9.13. The van der Waals surface area contributed by atoms with Gasteiger partial charge in [-0.25, -0.2) is 0 Å². The van der Waals surface area contributed by atoms with Crippen LogP contribution >= 0.6 is 0 Å². The van der Waals surface area contributed by atoms with E-state index in [-0.39, 0.29) is 0 Å². The number of ether oxygens (including phenoxy) is 1. The summed E-state index contributed by atoms with van der Waals surface area (Å²) in [6.45, 7) is 3.42. The summed E-state index contributed by atoms with van der Waals surface area (Å²) >= 11 is 0. The highest BCUT2D eigenvalue weighted by Gasteiger charge is 2.18. The summed E-state index contributed by atoms with van der Waals surface area (Å²) < 4.78 is 5.97. The highest BCUT2D eigenvalue weighted by atomic mass is 16.5. The van der Waals surface area contributed by atoms with Gasteiger partial charge in [-0.15, -0.1) is 0 Å². The van der Waals surface area contributed by atoms with Crippen molar-refractivity contribution in [3.05, 3.63) is 0 Å². The molecule has 82 valence electrons. The van der Waals surface area contributed by atoms with Crippen molar-refractivity contribution in [3.8, 4) is 0 Å². The summed E-state index contributed by atoms with van der Waals surface area (Å²) in [6.07, 6.45) is 10.0. The fourth-order valence-corrected chi connectivity index (χ4v) is 2.59. The van der Waals surface area contributed by atoms with Crippen LogP contribution in [0.5, 0.6) is 0 Å². The minimum absolute atomic E-state index is 0.603. The van der Waals surface area contributed by atoms with Crippen LogP contribution in [0.15, 0.2) is 0 Å². The summed E-state index contributed by atoms with van der Waals surface area (Å²) in [5.74, 6) is 0.825. The molecule has 1 aliphatic heterocycles. The van der Waals surface area contributed by atoms with Crippen molar-refractivity contribution in [2.24, 2.45) is 5.92 Å². The minimum atomic E-state index is 0.603. The van der Waals surface area contributed by atoms with Gasteiger partial charge in [-0.1, -0.05) is 12.8 Å². The van der Waals surface area contributed by atoms with Gasteiger partial charge in [0.2, 0.25) is 0 Å². The Morgan fingerprint density at radius 3 is 2.64 bits per heavy atom. The predicted molar refractivity (Wildman–Crippen MR) is 58.4 cm³/mol. The summed E-state index contributed by atoms with van der Waals surface area (Å²) in [7, 11) is 0. The van der Waals surface area contributed by atoms with Crippen LogP contribution in [0.4, 0.5) is 0 Å². The Bertz CT molecular complexity index is 146. The molecule has 2 rings (SSSR count). The molecule has 1 saturated carbocycles. The van der Waals surface area contributed by atoms with E-state index in [1.54, 1.807) is 0 Å². The van der Waals surface area contributed by atoms with Gasteiger partial charge in [0.15, 0.2) is 0 Å². The van der Waals surface area contributed by atoms with E-state index in [0.29, 0.717) is 6.10 Å². The maximum Gasteiger partial charge on any atom is 0.0575 e. The Balaban J connectivity index is 1.62. The van der Waals surface area contributed by atoms with Crippen molar-refractivity contribution in [1.29, 1.82) is 0 Å². The SMILES string of the molecule is C1CNCCC(COC2CCCC2)C1. The van der Waals surface area contributed by atoms with E-state index in [1.165, 1.54) is 58.0 Å². The highest BCUT2D eigenvalue weighted by molar-refractivity contribution is 4.70. The van der Waals surface area contributed by atoms with E-state index in [0.717, 1.165) is 12.5 Å². The lowest BCUT2D eigenvalue weighted by molar-refractivity contribution is 0.0308. The summed E-state index contributed by atoms with van der Waals surface area (Å²) in [6, 6.07) is 0. The highest BCUT2D eigenvalue weighted by Crippen LogP contribution is 2.23. The summed E-state index contributed by atoms with van der Waals surface area (Å²) in [5.41, 5.74) is 0. The molecule has 0 aromatic heterocycles. The van der Waals surface area contributed by atoms with Crippen molar-refractivity contribution in [1.82, 2.24) is 5.32 Å². The topological polar surface area (TPSA) is 21.3 Å². The van der Waals surface area contributed by atoms with Crippen molar-refractivity contribution in [3.63, 3.8) is 0 Å². The van der Waals surface area contributed by atoms with Crippen molar-refractivity contribution < 1.29 is 4.74 Å². The van der Waals surface area contributed by atoms with Crippen LogP contribution in [0.25, 0.3) is 0 Å². The first-order valence-electron chi connectivity index (χ1n) is 6.27. The zero-order chi connectivity index (χ0) is 9.64. The molecule has 0 amide bonds. The van der Waals surface area contributed by atoms with Crippen LogP contribution in [0.3, 0.4) is 0 Å². The fraction of sp³-hybridized carbons (Fsp3) is 1.00. The number of hydrogen-bond acceptors (Lipinski definition) is 2. The lowest BCUT2D eigenvalue weighted by Crippen LogP contribution is -2.18. The number of nitrogens with one attached hydrogen (secondary N) is 1. The second-order valence-corrected chi connectivity index (χ2v) is 4.79. The third kappa shape index (κ3) is 3.25. The van der Waals surface area contributed by atoms with Crippen LogP contribution in [-0.4, -0.2) is 25.8 Å². The summed E-state index contributed by atoms with van der Waals surface area (Å²) in [4.78, 5) is 0. The smallest absolute Gasteiger partial charge is 0.0575 e. The molecule has 0 aromatic rings. The molecule has 2 fully saturated rings. The molecule has 1 saturated heterocycles. The van der Waals surface area contributed by atoms with Crippen LogP contribution in [-0.2, 0) is 4.74 Å². The quantitative estimate of drug-likeness (QED) is 0.750. The maximum atomic E-state index is 5.97. The molecule has 2 heteroatoms. The predicted octanol–water partition coefficient (Wildman–Crippen LogP) is 2.34. The lowest BCUT2D eigenvalue weighted by Gasteiger charge is -2.17. The van der Waals surface area contributed by atoms with E-state index < -0.39 is 0 Å². The molecular formula is C12H23NO. The first-order valence-corrected chi connectivity index (χ1v) is 6.27. The Morgan fingerprint density at radius 1 is 0.929 bits per heavy atom. The van der Waals surface area contributed by atoms with Crippen molar-refractivity contribution >= 4 is 0 Å². The second-order valence-electron chi connectivity index (χ2n) is 4.79. The largest absolute Gasteiger partial charge is 0.378 e. The molecule has 1 heterocycles. The average Bonchev–Trinajstić information content (AvgIpc) is 2.58. The van der Waals surface area contributed by atoms with E-state index in [9.17, 15) is 0 Å². The molecule has 2 aliphatic rings. The Kier molecular flexibility index (Phi) is 4.26. The third-order valence-electron chi connectivity index (χ3n) is 3.57. The molecule has 1 aliphatic carbocycles. The van der Waals surface area contributed by atoms with Crippen molar-refractivity contribution in [2.45, 2.75) is 51.0 Å². The Morgan fingerprint density at radius 2 is 1.79 bits per heavy atom. The molecule has 14 heavy (non-hydrogen) atoms. The van der Waals surface area contributed by atoms with Gasteiger partial charge in [-0.3, -0.25) is 0 Å². The normalized spacial score (nSPS) is 30.4. The van der Waals surface area contributed by atoms with E-state index >= 15 is 0 Å². The first-order chi connectivity index (χ1) is 6.95. The Labute approximate surface area is 87.4 Å². The standard InChI is InChI=1S/C12H23NO/c1-2-6-12(5-1)14-10-11-4-3-8-13-9-7-11/h11-13H,1-10H2. The molecule has 0 bridgehead atoms. The Hall–Kier alpha value is -0.0800. The molecule has 1 unspecified atom stereocenters. The van der Waals surface area contributed by atoms with Crippen molar-refractivity contribution in [2.75, 3.05) is 19.7 Å². The van der Waals surface area contributed by atoms with Gasteiger partial charge in [-0.2, -0.15) is 0 Å². The number of rotatable bonds is 3. The lowest BCUT2D eigenvalue weighted by atomic mass is 10.0. The second kappa shape index (κ2) is 5.72. The first kappa shape index (κ1) is 10.4. The molecule has 0 aromatic carbocycles. The minimum Gasteiger partial charge on any atom is -0.378 e. The summed E-state index contributed by atoms with van der Waals surface area (Å²) in [5, 5.41) is 3.45. The molecule has 1 N–H and O–H groups in total. The van der Waals surface area contributed by atoms with Crippen LogP contribution < -0.4 is 5.32 Å².